The predicted molar refractivity (Wildman–Crippen MR) is 119 cm³/mol. The van der Waals surface area contributed by atoms with Gasteiger partial charge in [-0.05, 0) is 32.0 Å². The molecule has 1 atom stereocenters. The Balaban J connectivity index is 1.61. The number of ether oxygens (including phenoxy) is 1. The molecule has 0 unspecified atom stereocenters. The highest BCUT2D eigenvalue weighted by Crippen LogP contribution is 2.29. The lowest BCUT2D eigenvalue weighted by Gasteiger charge is -2.15. The zero-order valence-electron chi connectivity index (χ0n) is 17.0. The number of amides is 1. The molecule has 0 fully saturated rings. The number of carbonyl (C=O) groups excluding carboxylic acids is 1. The van der Waals surface area contributed by atoms with Gasteiger partial charge in [0.05, 0.1) is 15.7 Å². The molecular formula is C20H20ClN5O4S. The number of carbonyl (C=O) groups is 1. The fraction of sp³-hybridized carbons (Fsp3) is 0.250. The lowest BCUT2D eigenvalue weighted by atomic mass is 10.2. The van der Waals surface area contributed by atoms with E-state index >= 15 is 0 Å². The summed E-state index contributed by atoms with van der Waals surface area (Å²) in [5.41, 5.74) is 0.844. The number of hydrogen-bond donors (Lipinski definition) is 1. The lowest BCUT2D eigenvalue weighted by molar-refractivity contribution is -0.385. The number of aryl methyl sites for hydroxylation is 1. The van der Waals surface area contributed by atoms with E-state index in [1.54, 1.807) is 42.8 Å². The second kappa shape index (κ2) is 9.80. The van der Waals surface area contributed by atoms with Crippen molar-refractivity contribution in [1.29, 1.82) is 0 Å². The number of para-hydroxylation sites is 1. The molecule has 0 aliphatic heterocycles. The maximum Gasteiger partial charge on any atom is 0.274 e. The van der Waals surface area contributed by atoms with Crippen molar-refractivity contribution >= 4 is 40.6 Å². The van der Waals surface area contributed by atoms with Gasteiger partial charge in [-0.2, -0.15) is 0 Å². The van der Waals surface area contributed by atoms with E-state index in [1.165, 1.54) is 17.8 Å². The van der Waals surface area contributed by atoms with Gasteiger partial charge < -0.3 is 14.6 Å². The van der Waals surface area contributed by atoms with Gasteiger partial charge in [0.1, 0.15) is 5.75 Å². The maximum atomic E-state index is 12.3. The number of nitro benzene ring substituents is 1. The monoisotopic (exact) mass is 461 g/mol. The third-order valence-corrected chi connectivity index (χ3v) is 5.73. The van der Waals surface area contributed by atoms with Gasteiger partial charge in [0, 0.05) is 24.4 Å². The minimum Gasteiger partial charge on any atom is -0.481 e. The van der Waals surface area contributed by atoms with Crippen molar-refractivity contribution < 1.29 is 14.5 Å². The van der Waals surface area contributed by atoms with Gasteiger partial charge in [0.25, 0.3) is 5.69 Å². The molecule has 11 heteroatoms. The molecule has 1 N–H and O–H groups in total. The van der Waals surface area contributed by atoms with E-state index in [2.05, 4.69) is 15.5 Å². The number of benzene rings is 2. The number of aromatic nitrogens is 3. The van der Waals surface area contributed by atoms with E-state index in [-0.39, 0.29) is 17.3 Å². The first-order valence-electron chi connectivity index (χ1n) is 9.24. The third-order valence-electron chi connectivity index (χ3n) is 4.39. The molecule has 3 rings (SSSR count). The van der Waals surface area contributed by atoms with Crippen molar-refractivity contribution in [3.8, 4) is 5.75 Å². The predicted octanol–water partition coefficient (Wildman–Crippen LogP) is 4.56. The van der Waals surface area contributed by atoms with Crippen LogP contribution in [0.2, 0.25) is 5.02 Å². The zero-order chi connectivity index (χ0) is 22.5. The molecule has 1 heterocycles. The molecule has 0 saturated carbocycles. The number of anilines is 1. The molecular weight excluding hydrogens is 442 g/mol. The van der Waals surface area contributed by atoms with Crippen molar-refractivity contribution in [2.24, 2.45) is 7.05 Å². The summed E-state index contributed by atoms with van der Waals surface area (Å²) in [6.07, 6.45) is -0.409. The Morgan fingerprint density at radius 3 is 2.77 bits per heavy atom. The van der Waals surface area contributed by atoms with Crippen LogP contribution in [0.25, 0.3) is 0 Å². The normalized spacial score (nSPS) is 11.7. The number of nitrogens with one attached hydrogen (secondary N) is 1. The Morgan fingerprint density at radius 2 is 2.06 bits per heavy atom. The molecule has 3 aromatic rings. The molecule has 31 heavy (non-hydrogen) atoms. The van der Waals surface area contributed by atoms with Crippen molar-refractivity contribution in [2.45, 2.75) is 25.1 Å². The van der Waals surface area contributed by atoms with Crippen LogP contribution in [0.5, 0.6) is 5.75 Å². The molecule has 0 aliphatic rings. The summed E-state index contributed by atoms with van der Waals surface area (Å²) in [6.45, 7) is 3.47. The number of hydrogen-bond acceptors (Lipinski definition) is 7. The van der Waals surface area contributed by atoms with Crippen LogP contribution in [0, 0.1) is 17.0 Å². The van der Waals surface area contributed by atoms with E-state index in [4.69, 9.17) is 16.3 Å². The number of thioether (sulfide) groups is 1. The fourth-order valence-electron chi connectivity index (χ4n) is 2.80. The third kappa shape index (κ3) is 5.53. The minimum atomic E-state index is -0.479. The Morgan fingerprint density at radius 1 is 1.32 bits per heavy atom. The summed E-state index contributed by atoms with van der Waals surface area (Å²) in [6, 6.07) is 11.7. The van der Waals surface area contributed by atoms with Crippen LogP contribution in [0.3, 0.4) is 0 Å². The van der Waals surface area contributed by atoms with Crippen LogP contribution in [0.4, 0.5) is 11.4 Å². The first kappa shape index (κ1) is 22.6. The SMILES string of the molecule is Cc1ccc(NC(=O)CSc2nnc([C@H](C)Oc3ccccc3Cl)n2C)cc1[N+](=O)[O-]. The van der Waals surface area contributed by atoms with Crippen LogP contribution in [0.1, 0.15) is 24.4 Å². The number of nitro groups is 1. The highest BCUT2D eigenvalue weighted by Gasteiger charge is 2.19. The van der Waals surface area contributed by atoms with Gasteiger partial charge in [0.15, 0.2) is 17.1 Å². The molecule has 1 aromatic heterocycles. The summed E-state index contributed by atoms with van der Waals surface area (Å²) in [7, 11) is 1.78. The van der Waals surface area contributed by atoms with Crippen LogP contribution >= 0.6 is 23.4 Å². The van der Waals surface area contributed by atoms with Gasteiger partial charge >= 0.3 is 0 Å². The Bertz CT molecular complexity index is 1120. The standard InChI is InChI=1S/C20H20ClN5O4S/c1-12-8-9-14(10-16(12)26(28)29)22-18(27)11-31-20-24-23-19(25(20)3)13(2)30-17-7-5-4-6-15(17)21/h4-10,13H,11H2,1-3H3,(H,22,27)/t13-/m0/s1. The molecule has 0 aliphatic carbocycles. The van der Waals surface area contributed by atoms with Crippen molar-refractivity contribution in [1.82, 2.24) is 14.8 Å². The molecule has 1 amide bonds. The smallest absolute Gasteiger partial charge is 0.274 e. The average molecular weight is 462 g/mol. The van der Waals surface area contributed by atoms with E-state index < -0.39 is 11.0 Å². The van der Waals surface area contributed by atoms with E-state index in [1.807, 2.05) is 19.1 Å². The second-order valence-electron chi connectivity index (χ2n) is 6.69. The highest BCUT2D eigenvalue weighted by atomic mass is 35.5. The van der Waals surface area contributed by atoms with Crippen molar-refractivity contribution in [3.05, 3.63) is 69.0 Å². The van der Waals surface area contributed by atoms with Gasteiger partial charge in [-0.25, -0.2) is 0 Å². The summed E-state index contributed by atoms with van der Waals surface area (Å²) in [5.74, 6) is 0.874. The molecule has 2 aromatic carbocycles. The lowest BCUT2D eigenvalue weighted by Crippen LogP contribution is -2.15. The van der Waals surface area contributed by atoms with Gasteiger partial charge in [-0.1, -0.05) is 41.6 Å². The number of halogens is 1. The van der Waals surface area contributed by atoms with Crippen LogP contribution in [-0.4, -0.2) is 31.3 Å². The van der Waals surface area contributed by atoms with Gasteiger partial charge in [0.2, 0.25) is 5.91 Å². The molecule has 0 spiro atoms. The van der Waals surface area contributed by atoms with Crippen molar-refractivity contribution in [2.75, 3.05) is 11.1 Å². The fourth-order valence-corrected chi connectivity index (χ4v) is 3.70. The Kier molecular flexibility index (Phi) is 7.13. The molecule has 0 saturated heterocycles. The summed E-state index contributed by atoms with van der Waals surface area (Å²) in [4.78, 5) is 22.9. The molecule has 162 valence electrons. The van der Waals surface area contributed by atoms with E-state index in [9.17, 15) is 14.9 Å². The maximum absolute atomic E-state index is 12.3. The Hall–Kier alpha value is -3.11. The van der Waals surface area contributed by atoms with E-state index in [0.29, 0.717) is 33.0 Å². The quantitative estimate of drug-likeness (QED) is 0.297. The van der Waals surface area contributed by atoms with Crippen LogP contribution in [-0.2, 0) is 11.8 Å². The van der Waals surface area contributed by atoms with Crippen LogP contribution in [0.15, 0.2) is 47.6 Å². The number of nitrogens with zero attached hydrogens (tertiary/aromatic N) is 4. The van der Waals surface area contributed by atoms with Gasteiger partial charge in [-0.3, -0.25) is 14.9 Å². The largest absolute Gasteiger partial charge is 0.481 e. The topological polar surface area (TPSA) is 112 Å². The average Bonchev–Trinajstić information content (AvgIpc) is 3.10. The molecule has 9 nitrogen and oxygen atoms in total. The number of rotatable bonds is 8. The first-order chi connectivity index (χ1) is 14.8. The summed E-state index contributed by atoms with van der Waals surface area (Å²) >= 11 is 7.33. The van der Waals surface area contributed by atoms with Crippen LogP contribution < -0.4 is 10.1 Å². The molecule has 0 bridgehead atoms. The first-order valence-corrected chi connectivity index (χ1v) is 10.6. The van der Waals surface area contributed by atoms with Gasteiger partial charge in [-0.15, -0.1) is 10.2 Å². The summed E-state index contributed by atoms with van der Waals surface area (Å²) in [5, 5.41) is 23.0. The minimum absolute atomic E-state index is 0.0455. The molecule has 0 radical (unpaired) electrons. The van der Waals surface area contributed by atoms with E-state index in [0.717, 1.165) is 0 Å². The Labute approximate surface area is 187 Å². The summed E-state index contributed by atoms with van der Waals surface area (Å²) < 4.78 is 7.62. The van der Waals surface area contributed by atoms with Crippen molar-refractivity contribution in [3.63, 3.8) is 0 Å². The zero-order valence-corrected chi connectivity index (χ0v) is 18.6. The highest BCUT2D eigenvalue weighted by molar-refractivity contribution is 7.99. The second-order valence-corrected chi connectivity index (χ2v) is 8.04.